The largest absolute Gasteiger partial charge is 0.488 e. The Kier molecular flexibility index (Phi) is 7.53. The molecule has 0 spiro atoms. The highest BCUT2D eigenvalue weighted by molar-refractivity contribution is 9.10. The van der Waals surface area contributed by atoms with Gasteiger partial charge in [-0.3, -0.25) is 9.59 Å². The van der Waals surface area contributed by atoms with Gasteiger partial charge in [-0.15, -0.1) is 0 Å². The third-order valence-corrected chi connectivity index (χ3v) is 6.88. The minimum Gasteiger partial charge on any atom is -0.488 e. The summed E-state index contributed by atoms with van der Waals surface area (Å²) in [5.74, 6) is -0.937. The molecule has 0 aliphatic carbocycles. The van der Waals surface area contributed by atoms with Crippen LogP contribution in [0.15, 0.2) is 118 Å². The number of amides is 4. The smallest absolute Gasteiger partial charge is 0.343 e. The standard InChI is InChI=1S/C30H20Br2N2O4/c31-22-13-11-20(12-14-22)19-38-27-16-15-23(32)17-21(27)18-26-28(35)33(24-7-3-1-4-8-24)30(37)34(29(26)36)25-9-5-2-6-10-25/h1-18H,19H2. The number of carbonyl (C=O) groups is 3. The quantitative estimate of drug-likeness (QED) is 0.165. The number of barbiturate groups is 1. The third kappa shape index (κ3) is 5.32. The van der Waals surface area contributed by atoms with Crippen molar-refractivity contribution in [2.45, 2.75) is 6.61 Å². The van der Waals surface area contributed by atoms with Gasteiger partial charge in [0.05, 0.1) is 11.4 Å². The van der Waals surface area contributed by atoms with Crippen molar-refractivity contribution in [3.05, 3.63) is 129 Å². The molecule has 0 saturated carbocycles. The van der Waals surface area contributed by atoms with Crippen LogP contribution in [0.2, 0.25) is 0 Å². The number of carbonyl (C=O) groups excluding carboxylic acids is 3. The van der Waals surface area contributed by atoms with E-state index in [9.17, 15) is 14.4 Å². The maximum atomic E-state index is 13.7. The van der Waals surface area contributed by atoms with Crippen molar-refractivity contribution < 1.29 is 19.1 Å². The number of para-hydroxylation sites is 2. The van der Waals surface area contributed by atoms with E-state index >= 15 is 0 Å². The van der Waals surface area contributed by atoms with E-state index in [1.165, 1.54) is 6.08 Å². The van der Waals surface area contributed by atoms with Crippen LogP contribution in [0.5, 0.6) is 5.75 Å². The van der Waals surface area contributed by atoms with Crippen LogP contribution in [-0.4, -0.2) is 17.8 Å². The Morgan fingerprint density at radius 3 is 1.74 bits per heavy atom. The van der Waals surface area contributed by atoms with Gasteiger partial charge in [-0.05, 0) is 66.2 Å². The molecule has 188 valence electrons. The highest BCUT2D eigenvalue weighted by atomic mass is 79.9. The number of nitrogens with zero attached hydrogens (tertiary/aromatic N) is 2. The van der Waals surface area contributed by atoms with E-state index in [1.807, 2.05) is 30.3 Å². The SMILES string of the molecule is O=C1C(=Cc2cc(Br)ccc2OCc2ccc(Br)cc2)C(=O)N(c2ccccc2)C(=O)N1c1ccccc1. The predicted molar refractivity (Wildman–Crippen MR) is 154 cm³/mol. The number of rotatable bonds is 6. The molecule has 6 nitrogen and oxygen atoms in total. The molecule has 1 heterocycles. The number of hydrogen-bond donors (Lipinski definition) is 0. The maximum Gasteiger partial charge on any atom is 0.343 e. The summed E-state index contributed by atoms with van der Waals surface area (Å²) >= 11 is 6.89. The molecule has 5 rings (SSSR count). The van der Waals surface area contributed by atoms with Crippen LogP contribution in [0.25, 0.3) is 6.08 Å². The molecule has 0 N–H and O–H groups in total. The minimum absolute atomic E-state index is 0.163. The zero-order valence-corrected chi connectivity index (χ0v) is 23.1. The second kappa shape index (κ2) is 11.2. The van der Waals surface area contributed by atoms with Crippen LogP contribution in [0.4, 0.5) is 16.2 Å². The van der Waals surface area contributed by atoms with Gasteiger partial charge in [-0.25, -0.2) is 14.6 Å². The van der Waals surface area contributed by atoms with Crippen molar-refractivity contribution in [1.29, 1.82) is 0 Å². The molecule has 4 aromatic rings. The number of halogens is 2. The molecule has 0 radical (unpaired) electrons. The summed E-state index contributed by atoms with van der Waals surface area (Å²) in [5.41, 5.74) is 2.04. The normalized spacial score (nSPS) is 13.6. The lowest BCUT2D eigenvalue weighted by Gasteiger charge is -2.34. The van der Waals surface area contributed by atoms with Gasteiger partial charge in [-0.1, -0.05) is 80.4 Å². The van der Waals surface area contributed by atoms with E-state index in [1.54, 1.807) is 72.8 Å². The number of urea groups is 1. The van der Waals surface area contributed by atoms with E-state index < -0.39 is 17.8 Å². The van der Waals surface area contributed by atoms with Gasteiger partial charge < -0.3 is 4.74 Å². The first-order valence-electron chi connectivity index (χ1n) is 11.6. The van der Waals surface area contributed by atoms with Crippen molar-refractivity contribution in [2.75, 3.05) is 9.80 Å². The van der Waals surface area contributed by atoms with Gasteiger partial charge in [0.2, 0.25) is 0 Å². The zero-order chi connectivity index (χ0) is 26.6. The van der Waals surface area contributed by atoms with Crippen LogP contribution >= 0.6 is 31.9 Å². The maximum absolute atomic E-state index is 13.7. The van der Waals surface area contributed by atoms with Gasteiger partial charge in [0.25, 0.3) is 11.8 Å². The highest BCUT2D eigenvalue weighted by Gasteiger charge is 2.43. The van der Waals surface area contributed by atoms with Crippen molar-refractivity contribution in [3.8, 4) is 5.75 Å². The topological polar surface area (TPSA) is 66.9 Å². The summed E-state index contributed by atoms with van der Waals surface area (Å²) in [4.78, 5) is 42.9. The number of imide groups is 2. The Labute approximate surface area is 236 Å². The van der Waals surface area contributed by atoms with Gasteiger partial charge in [-0.2, -0.15) is 0 Å². The summed E-state index contributed by atoms with van der Waals surface area (Å²) in [6, 6.07) is 29.4. The molecule has 0 aromatic heterocycles. The van der Waals surface area contributed by atoms with E-state index in [0.29, 0.717) is 22.7 Å². The lowest BCUT2D eigenvalue weighted by atomic mass is 10.0. The summed E-state index contributed by atoms with van der Waals surface area (Å²) in [7, 11) is 0. The van der Waals surface area contributed by atoms with Crippen LogP contribution in [0, 0.1) is 0 Å². The third-order valence-electron chi connectivity index (χ3n) is 5.86. The fraction of sp³-hybridized carbons (Fsp3) is 0.0333. The Balaban J connectivity index is 1.57. The fourth-order valence-electron chi connectivity index (χ4n) is 4.00. The number of anilines is 2. The lowest BCUT2D eigenvalue weighted by Crippen LogP contribution is -2.57. The Morgan fingerprint density at radius 2 is 1.18 bits per heavy atom. The van der Waals surface area contributed by atoms with Crippen molar-refractivity contribution >= 4 is 67.2 Å². The first-order chi connectivity index (χ1) is 18.4. The molecule has 0 bridgehead atoms. The molecule has 4 amide bonds. The monoisotopic (exact) mass is 630 g/mol. The van der Waals surface area contributed by atoms with Crippen LogP contribution in [0.3, 0.4) is 0 Å². The Morgan fingerprint density at radius 1 is 0.658 bits per heavy atom. The van der Waals surface area contributed by atoms with E-state index in [4.69, 9.17) is 4.74 Å². The second-order valence-corrected chi connectivity index (χ2v) is 10.2. The number of benzene rings is 4. The highest BCUT2D eigenvalue weighted by Crippen LogP contribution is 2.32. The van der Waals surface area contributed by atoms with Crippen LogP contribution in [-0.2, 0) is 16.2 Å². The van der Waals surface area contributed by atoms with Gasteiger partial charge >= 0.3 is 6.03 Å². The first kappa shape index (κ1) is 25.6. The summed E-state index contributed by atoms with van der Waals surface area (Å²) in [6.45, 7) is 0.289. The first-order valence-corrected chi connectivity index (χ1v) is 13.2. The van der Waals surface area contributed by atoms with Gasteiger partial charge in [0.15, 0.2) is 0 Å². The Bertz CT molecular complexity index is 1470. The van der Waals surface area contributed by atoms with Crippen LogP contribution < -0.4 is 14.5 Å². The molecule has 8 heteroatoms. The van der Waals surface area contributed by atoms with E-state index in [2.05, 4.69) is 31.9 Å². The molecule has 4 aromatic carbocycles. The van der Waals surface area contributed by atoms with Crippen LogP contribution in [0.1, 0.15) is 11.1 Å². The predicted octanol–water partition coefficient (Wildman–Crippen LogP) is 7.37. The summed E-state index contributed by atoms with van der Waals surface area (Å²) < 4.78 is 7.78. The minimum atomic E-state index is -0.740. The molecule has 1 fully saturated rings. The lowest BCUT2D eigenvalue weighted by molar-refractivity contribution is -0.121. The molecular weight excluding hydrogens is 612 g/mol. The average molecular weight is 632 g/mol. The van der Waals surface area contributed by atoms with Gasteiger partial charge in [0, 0.05) is 14.5 Å². The molecule has 1 aliphatic rings. The second-order valence-electron chi connectivity index (χ2n) is 8.39. The Hall–Kier alpha value is -4.01. The molecule has 1 aliphatic heterocycles. The zero-order valence-electron chi connectivity index (χ0n) is 19.9. The van der Waals surface area contributed by atoms with Gasteiger partial charge in [0.1, 0.15) is 17.9 Å². The number of ether oxygens (including phenoxy) is 1. The number of hydrogen-bond acceptors (Lipinski definition) is 4. The van der Waals surface area contributed by atoms with Crippen molar-refractivity contribution in [3.63, 3.8) is 0 Å². The van der Waals surface area contributed by atoms with E-state index in [0.717, 1.165) is 24.3 Å². The molecular formula is C30H20Br2N2O4. The summed E-state index contributed by atoms with van der Waals surface area (Å²) in [6.07, 6.45) is 1.48. The average Bonchev–Trinajstić information content (AvgIpc) is 2.93. The molecule has 38 heavy (non-hydrogen) atoms. The molecule has 0 atom stereocenters. The summed E-state index contributed by atoms with van der Waals surface area (Å²) in [5, 5.41) is 0. The van der Waals surface area contributed by atoms with Crippen molar-refractivity contribution in [2.24, 2.45) is 0 Å². The van der Waals surface area contributed by atoms with Crippen molar-refractivity contribution in [1.82, 2.24) is 0 Å². The fourth-order valence-corrected chi connectivity index (χ4v) is 4.64. The molecule has 0 unspecified atom stereocenters. The molecule has 1 saturated heterocycles. The van der Waals surface area contributed by atoms with E-state index in [-0.39, 0.29) is 12.2 Å².